The minimum absolute atomic E-state index is 0.105. The summed E-state index contributed by atoms with van der Waals surface area (Å²) in [4.78, 5) is 0. The molecule has 0 bridgehead atoms. The van der Waals surface area contributed by atoms with Crippen molar-refractivity contribution in [1.82, 2.24) is 4.31 Å². The molecule has 3 N–H and O–H groups in total. The van der Waals surface area contributed by atoms with Gasteiger partial charge in [0.1, 0.15) is 0 Å². The number of morpholine rings is 1. The molecule has 0 aliphatic carbocycles. The number of nitrogen functional groups attached to an aromatic ring is 1. The topological polar surface area (TPSA) is 84.7 Å². The Kier molecular flexibility index (Phi) is 3.98. The summed E-state index contributed by atoms with van der Waals surface area (Å²) in [6.45, 7) is 4.44. The molecule has 1 aromatic carbocycles. The Morgan fingerprint density at radius 3 is 2.26 bits per heavy atom. The van der Waals surface area contributed by atoms with E-state index < -0.39 is 10.2 Å². The minimum Gasteiger partial charge on any atom is -0.399 e. The van der Waals surface area contributed by atoms with Crippen molar-refractivity contribution in [2.75, 3.05) is 23.5 Å². The average molecular weight is 285 g/mol. The van der Waals surface area contributed by atoms with Gasteiger partial charge < -0.3 is 10.5 Å². The molecule has 2 rings (SSSR count). The molecule has 0 spiro atoms. The van der Waals surface area contributed by atoms with E-state index in [9.17, 15) is 8.42 Å². The fourth-order valence-electron chi connectivity index (χ4n) is 2.09. The number of nitrogens with one attached hydrogen (secondary N) is 1. The van der Waals surface area contributed by atoms with Crippen molar-refractivity contribution in [3.63, 3.8) is 0 Å². The molecule has 1 aliphatic heterocycles. The van der Waals surface area contributed by atoms with Gasteiger partial charge in [0.2, 0.25) is 0 Å². The maximum Gasteiger partial charge on any atom is 0.301 e. The monoisotopic (exact) mass is 285 g/mol. The molecule has 0 saturated carbocycles. The van der Waals surface area contributed by atoms with E-state index in [0.29, 0.717) is 24.5 Å². The van der Waals surface area contributed by atoms with E-state index in [0.717, 1.165) is 0 Å². The van der Waals surface area contributed by atoms with E-state index in [2.05, 4.69) is 4.72 Å². The number of anilines is 2. The quantitative estimate of drug-likeness (QED) is 0.813. The summed E-state index contributed by atoms with van der Waals surface area (Å²) < 4.78 is 34.0. The number of nitrogens with two attached hydrogens (primary N) is 1. The van der Waals surface area contributed by atoms with Crippen LogP contribution in [0.5, 0.6) is 0 Å². The van der Waals surface area contributed by atoms with Crippen LogP contribution >= 0.6 is 0 Å². The second-order valence-electron chi connectivity index (χ2n) is 4.80. The predicted octanol–water partition coefficient (Wildman–Crippen LogP) is 1.03. The lowest BCUT2D eigenvalue weighted by molar-refractivity contribution is -0.0439. The number of ether oxygens (including phenoxy) is 1. The third kappa shape index (κ3) is 3.59. The van der Waals surface area contributed by atoms with Crippen LogP contribution in [0.15, 0.2) is 24.3 Å². The smallest absolute Gasteiger partial charge is 0.301 e. The molecule has 7 heteroatoms. The van der Waals surface area contributed by atoms with Gasteiger partial charge in [-0.05, 0) is 38.1 Å². The molecule has 2 atom stereocenters. The van der Waals surface area contributed by atoms with Gasteiger partial charge in [-0.25, -0.2) is 0 Å². The molecule has 0 aromatic heterocycles. The summed E-state index contributed by atoms with van der Waals surface area (Å²) in [5.41, 5.74) is 6.66. The van der Waals surface area contributed by atoms with Crippen molar-refractivity contribution < 1.29 is 13.2 Å². The van der Waals surface area contributed by atoms with Crippen molar-refractivity contribution in [1.29, 1.82) is 0 Å². The molecule has 1 aromatic rings. The summed E-state index contributed by atoms with van der Waals surface area (Å²) in [6.07, 6.45) is -0.210. The largest absolute Gasteiger partial charge is 0.399 e. The highest BCUT2D eigenvalue weighted by Crippen LogP contribution is 2.18. The molecule has 1 fully saturated rings. The lowest BCUT2D eigenvalue weighted by Gasteiger charge is -2.34. The number of benzene rings is 1. The zero-order chi connectivity index (χ0) is 14.0. The second kappa shape index (κ2) is 5.36. The van der Waals surface area contributed by atoms with E-state index in [1.54, 1.807) is 24.3 Å². The van der Waals surface area contributed by atoms with Gasteiger partial charge in [0.05, 0.1) is 12.2 Å². The van der Waals surface area contributed by atoms with Crippen LogP contribution in [0.2, 0.25) is 0 Å². The van der Waals surface area contributed by atoms with Crippen LogP contribution in [-0.2, 0) is 14.9 Å². The van der Waals surface area contributed by atoms with E-state index in [-0.39, 0.29) is 12.2 Å². The third-order valence-corrected chi connectivity index (χ3v) is 4.36. The highest BCUT2D eigenvalue weighted by Gasteiger charge is 2.30. The van der Waals surface area contributed by atoms with Crippen molar-refractivity contribution in [3.05, 3.63) is 24.3 Å². The highest BCUT2D eigenvalue weighted by molar-refractivity contribution is 7.90. The first-order chi connectivity index (χ1) is 8.87. The molecule has 2 unspecified atom stereocenters. The van der Waals surface area contributed by atoms with E-state index in [4.69, 9.17) is 10.5 Å². The van der Waals surface area contributed by atoms with Gasteiger partial charge in [-0.2, -0.15) is 12.7 Å². The van der Waals surface area contributed by atoms with Gasteiger partial charge >= 0.3 is 10.2 Å². The number of nitrogens with zero attached hydrogens (tertiary/aromatic N) is 1. The zero-order valence-corrected chi connectivity index (χ0v) is 11.9. The van der Waals surface area contributed by atoms with Gasteiger partial charge in [0.25, 0.3) is 0 Å². The Morgan fingerprint density at radius 1 is 1.21 bits per heavy atom. The van der Waals surface area contributed by atoms with Gasteiger partial charge in [0.15, 0.2) is 0 Å². The molecule has 1 aliphatic rings. The van der Waals surface area contributed by atoms with Crippen LogP contribution < -0.4 is 10.5 Å². The molecule has 0 amide bonds. The Bertz CT molecular complexity index is 520. The first kappa shape index (κ1) is 14.1. The van der Waals surface area contributed by atoms with Crippen molar-refractivity contribution in [2.45, 2.75) is 26.1 Å². The fourth-order valence-corrected chi connectivity index (χ4v) is 3.47. The highest BCUT2D eigenvalue weighted by atomic mass is 32.2. The zero-order valence-electron chi connectivity index (χ0n) is 11.0. The molecule has 1 heterocycles. The molecular weight excluding hydrogens is 266 g/mol. The average Bonchev–Trinajstić information content (AvgIpc) is 2.31. The Balaban J connectivity index is 2.11. The first-order valence-corrected chi connectivity index (χ1v) is 7.60. The van der Waals surface area contributed by atoms with Crippen LogP contribution in [0.3, 0.4) is 0 Å². The maximum absolute atomic E-state index is 12.3. The van der Waals surface area contributed by atoms with Crippen LogP contribution in [0.4, 0.5) is 11.4 Å². The first-order valence-electron chi connectivity index (χ1n) is 6.16. The minimum atomic E-state index is -3.55. The van der Waals surface area contributed by atoms with Crippen LogP contribution in [0.1, 0.15) is 13.8 Å². The normalized spacial score (nSPS) is 25.2. The molecule has 0 radical (unpaired) electrons. The van der Waals surface area contributed by atoms with Gasteiger partial charge in [-0.1, -0.05) is 0 Å². The molecular formula is C12H19N3O3S. The van der Waals surface area contributed by atoms with Crippen molar-refractivity contribution >= 4 is 21.6 Å². The number of hydrogen-bond donors (Lipinski definition) is 2. The fraction of sp³-hybridized carbons (Fsp3) is 0.500. The summed E-state index contributed by atoms with van der Waals surface area (Å²) in [5, 5.41) is 0. The van der Waals surface area contributed by atoms with E-state index in [1.807, 2.05) is 13.8 Å². The molecule has 6 nitrogen and oxygen atoms in total. The summed E-state index contributed by atoms with van der Waals surface area (Å²) >= 11 is 0. The third-order valence-electron chi connectivity index (χ3n) is 2.88. The Morgan fingerprint density at radius 2 is 1.74 bits per heavy atom. The van der Waals surface area contributed by atoms with E-state index in [1.165, 1.54) is 4.31 Å². The number of rotatable bonds is 3. The van der Waals surface area contributed by atoms with Crippen molar-refractivity contribution in [2.24, 2.45) is 0 Å². The lowest BCUT2D eigenvalue weighted by atomic mass is 10.3. The molecule has 106 valence electrons. The molecule has 19 heavy (non-hydrogen) atoms. The van der Waals surface area contributed by atoms with Crippen LogP contribution in [0.25, 0.3) is 0 Å². The van der Waals surface area contributed by atoms with Crippen LogP contribution in [0, 0.1) is 0 Å². The summed E-state index contributed by atoms with van der Waals surface area (Å²) in [7, 11) is -3.55. The Hall–Kier alpha value is -1.31. The predicted molar refractivity (Wildman–Crippen MR) is 75.0 cm³/mol. The second-order valence-corrected chi connectivity index (χ2v) is 6.47. The Labute approximate surface area is 113 Å². The molecule has 1 saturated heterocycles. The maximum atomic E-state index is 12.3. The van der Waals surface area contributed by atoms with Gasteiger partial charge in [-0.15, -0.1) is 0 Å². The number of hydrogen-bond acceptors (Lipinski definition) is 4. The van der Waals surface area contributed by atoms with Gasteiger partial charge in [0, 0.05) is 24.5 Å². The SMILES string of the molecule is CC1CN(S(=O)(=O)Nc2ccc(N)cc2)CC(C)O1. The van der Waals surface area contributed by atoms with Gasteiger partial charge in [-0.3, -0.25) is 4.72 Å². The summed E-state index contributed by atoms with van der Waals surface area (Å²) in [5.74, 6) is 0. The summed E-state index contributed by atoms with van der Waals surface area (Å²) in [6, 6.07) is 6.59. The lowest BCUT2D eigenvalue weighted by Crippen LogP contribution is -2.49. The van der Waals surface area contributed by atoms with Crippen molar-refractivity contribution in [3.8, 4) is 0 Å². The van der Waals surface area contributed by atoms with E-state index >= 15 is 0 Å². The standard InChI is InChI=1S/C12H19N3O3S/c1-9-7-15(8-10(2)18-9)19(16,17)14-12-5-3-11(13)4-6-12/h3-6,9-10,14H,7-8,13H2,1-2H3. The van der Waals surface area contributed by atoms with Crippen LogP contribution in [-0.4, -0.2) is 38.0 Å².